The zero-order valence-electron chi connectivity index (χ0n) is 24.1. The number of aliphatic hydroxyl groups excluding tert-OH is 1. The average Bonchev–Trinajstić information content (AvgIpc) is 3.51. The van der Waals surface area contributed by atoms with Crippen LogP contribution in [0.25, 0.3) is 11.1 Å². The predicted octanol–water partition coefficient (Wildman–Crippen LogP) is 6.67. The molecule has 1 aliphatic heterocycles. The van der Waals surface area contributed by atoms with Gasteiger partial charge >= 0.3 is 0 Å². The molecule has 8 nitrogen and oxygen atoms in total. The molecule has 1 aliphatic rings. The zero-order valence-corrected chi connectivity index (χ0v) is 25.8. The van der Waals surface area contributed by atoms with Crippen molar-refractivity contribution in [2.45, 2.75) is 49.3 Å². The molecule has 1 amide bonds. The van der Waals surface area contributed by atoms with Gasteiger partial charge in [-0.3, -0.25) is 9.78 Å². The summed E-state index contributed by atoms with van der Waals surface area (Å²) in [5, 5.41) is 21.8. The Hall–Kier alpha value is -3.93. The third-order valence-electron chi connectivity index (χ3n) is 7.31. The van der Waals surface area contributed by atoms with Gasteiger partial charge in [0.05, 0.1) is 24.4 Å². The van der Waals surface area contributed by atoms with Gasteiger partial charge in [0.25, 0.3) is 5.91 Å². The normalized spacial score (nSPS) is 18.2. The Labute approximate surface area is 264 Å². The topological polar surface area (TPSA) is 106 Å². The van der Waals surface area contributed by atoms with Crippen LogP contribution >= 0.6 is 23.1 Å². The summed E-state index contributed by atoms with van der Waals surface area (Å²) < 4.78 is 14.0. The van der Waals surface area contributed by atoms with Gasteiger partial charge in [-0.25, -0.2) is 0 Å². The highest BCUT2D eigenvalue weighted by molar-refractivity contribution is 8.01. The van der Waals surface area contributed by atoms with Crippen LogP contribution in [0.5, 0.6) is 0 Å². The van der Waals surface area contributed by atoms with E-state index in [1.807, 2.05) is 55.5 Å². The standard InChI is InChI=1S/C34H32N4O4S2/c1-22-37-38-34(44-22)43-21-30-17-31(25-12-10-23(20-39)11-13-25)42-33(41-30)28-8-3-7-27(16-28)26-6-2-5-24(15-26)18-36-32(40)29-9-4-14-35-19-29/h2-16,19,30-31,33,39H,17-18,20-21H2,1H3,(H,36,40). The molecule has 0 aliphatic carbocycles. The molecule has 1 saturated heterocycles. The minimum atomic E-state index is -0.560. The molecule has 0 spiro atoms. The first kappa shape index (κ1) is 30.1. The number of rotatable bonds is 10. The number of carbonyl (C=O) groups excluding carboxylic acids is 1. The average molecular weight is 625 g/mol. The van der Waals surface area contributed by atoms with Crippen LogP contribution in [0.4, 0.5) is 0 Å². The third-order valence-corrected chi connectivity index (χ3v) is 9.41. The van der Waals surface area contributed by atoms with Gasteiger partial charge in [0.1, 0.15) is 5.01 Å². The number of hydrogen-bond acceptors (Lipinski definition) is 9. The highest BCUT2D eigenvalue weighted by Crippen LogP contribution is 2.40. The van der Waals surface area contributed by atoms with Crippen molar-refractivity contribution in [2.75, 3.05) is 5.75 Å². The van der Waals surface area contributed by atoms with Crippen molar-refractivity contribution in [3.8, 4) is 11.1 Å². The molecule has 1 fully saturated rings. The number of aromatic nitrogens is 3. The SMILES string of the molecule is Cc1nnc(SCC2CC(c3ccc(CO)cc3)OC(c3cccc(-c4cccc(CNC(=O)c5cccnc5)c4)c3)O2)s1. The quantitative estimate of drug-likeness (QED) is 0.166. The van der Waals surface area contributed by atoms with Gasteiger partial charge in [0.15, 0.2) is 10.6 Å². The Morgan fingerprint density at radius 3 is 2.52 bits per heavy atom. The van der Waals surface area contributed by atoms with Gasteiger partial charge in [-0.15, -0.1) is 10.2 Å². The maximum atomic E-state index is 12.5. The fraction of sp³-hybridized carbons (Fsp3) is 0.235. The monoisotopic (exact) mass is 624 g/mol. The summed E-state index contributed by atoms with van der Waals surface area (Å²) in [5.41, 5.74) is 6.42. The molecule has 224 valence electrons. The van der Waals surface area contributed by atoms with Crippen molar-refractivity contribution < 1.29 is 19.4 Å². The number of nitrogens with zero attached hydrogens (tertiary/aromatic N) is 3. The number of aliphatic hydroxyl groups is 1. The van der Waals surface area contributed by atoms with E-state index in [9.17, 15) is 9.90 Å². The summed E-state index contributed by atoms with van der Waals surface area (Å²) in [5.74, 6) is 0.568. The molecule has 3 aromatic carbocycles. The second kappa shape index (κ2) is 14.2. The van der Waals surface area contributed by atoms with Crippen molar-refractivity contribution >= 4 is 29.0 Å². The van der Waals surface area contributed by atoms with Crippen molar-refractivity contribution in [1.82, 2.24) is 20.5 Å². The van der Waals surface area contributed by atoms with E-state index in [1.54, 1.807) is 47.6 Å². The highest BCUT2D eigenvalue weighted by atomic mass is 32.2. The number of benzene rings is 3. The molecule has 44 heavy (non-hydrogen) atoms. The molecule has 6 rings (SSSR count). The van der Waals surface area contributed by atoms with Gasteiger partial charge in [-0.05, 0) is 59.0 Å². The Balaban J connectivity index is 1.19. The van der Waals surface area contributed by atoms with Crippen LogP contribution in [0, 0.1) is 6.92 Å². The fourth-order valence-corrected chi connectivity index (χ4v) is 6.89. The van der Waals surface area contributed by atoms with Crippen LogP contribution < -0.4 is 5.32 Å². The van der Waals surface area contributed by atoms with Crippen molar-refractivity contribution in [2.24, 2.45) is 0 Å². The first-order chi connectivity index (χ1) is 21.5. The van der Waals surface area contributed by atoms with Crippen LogP contribution in [-0.2, 0) is 22.6 Å². The number of carbonyl (C=O) groups is 1. The summed E-state index contributed by atoms with van der Waals surface area (Å²) in [6, 6.07) is 27.8. The Morgan fingerprint density at radius 2 is 1.77 bits per heavy atom. The number of amides is 1. The van der Waals surface area contributed by atoms with Crippen molar-refractivity contribution in [3.05, 3.63) is 130 Å². The Bertz CT molecular complexity index is 1700. The minimum Gasteiger partial charge on any atom is -0.392 e. The fourth-order valence-electron chi connectivity index (χ4n) is 5.03. The molecule has 2 aromatic heterocycles. The van der Waals surface area contributed by atoms with E-state index in [-0.39, 0.29) is 24.7 Å². The second-order valence-electron chi connectivity index (χ2n) is 10.5. The van der Waals surface area contributed by atoms with Gasteiger partial charge in [-0.2, -0.15) is 0 Å². The number of ether oxygens (including phenoxy) is 2. The molecule has 2 N–H and O–H groups in total. The smallest absolute Gasteiger partial charge is 0.253 e. The van der Waals surface area contributed by atoms with Gasteiger partial charge in [-0.1, -0.05) is 83.8 Å². The van der Waals surface area contributed by atoms with Crippen LogP contribution in [0.15, 0.2) is 102 Å². The van der Waals surface area contributed by atoms with E-state index in [0.29, 0.717) is 18.5 Å². The molecule has 5 aromatic rings. The van der Waals surface area contributed by atoms with E-state index in [4.69, 9.17) is 9.47 Å². The highest BCUT2D eigenvalue weighted by Gasteiger charge is 2.32. The van der Waals surface area contributed by atoms with E-state index < -0.39 is 6.29 Å². The summed E-state index contributed by atoms with van der Waals surface area (Å²) in [7, 11) is 0. The molecule has 0 radical (unpaired) electrons. The lowest BCUT2D eigenvalue weighted by Gasteiger charge is -2.36. The molecule has 0 bridgehead atoms. The van der Waals surface area contributed by atoms with Gasteiger partial charge < -0.3 is 19.9 Å². The van der Waals surface area contributed by atoms with Gasteiger partial charge in [0.2, 0.25) is 0 Å². The molecular weight excluding hydrogens is 593 g/mol. The van der Waals surface area contributed by atoms with Crippen LogP contribution in [-0.4, -0.2) is 38.1 Å². The summed E-state index contributed by atoms with van der Waals surface area (Å²) >= 11 is 3.24. The lowest BCUT2D eigenvalue weighted by Crippen LogP contribution is -2.31. The van der Waals surface area contributed by atoms with E-state index >= 15 is 0 Å². The maximum absolute atomic E-state index is 12.5. The van der Waals surface area contributed by atoms with E-state index in [1.165, 1.54) is 0 Å². The van der Waals surface area contributed by atoms with Crippen molar-refractivity contribution in [3.63, 3.8) is 0 Å². The third kappa shape index (κ3) is 7.58. The first-order valence-corrected chi connectivity index (χ1v) is 16.2. The Kier molecular flexibility index (Phi) is 9.74. The molecule has 0 saturated carbocycles. The molecule has 3 atom stereocenters. The summed E-state index contributed by atoms with van der Waals surface area (Å²) in [6.45, 7) is 2.36. The predicted molar refractivity (Wildman–Crippen MR) is 171 cm³/mol. The molecular formula is C34H32N4O4S2. The summed E-state index contributed by atoms with van der Waals surface area (Å²) in [4.78, 5) is 16.5. The first-order valence-electron chi connectivity index (χ1n) is 14.3. The number of pyridine rings is 1. The maximum Gasteiger partial charge on any atom is 0.253 e. The number of hydrogen-bond donors (Lipinski definition) is 2. The van der Waals surface area contributed by atoms with Crippen LogP contribution in [0.3, 0.4) is 0 Å². The Morgan fingerprint density at radius 1 is 0.955 bits per heavy atom. The number of thioether (sulfide) groups is 1. The molecule has 10 heteroatoms. The zero-order chi connectivity index (χ0) is 30.3. The lowest BCUT2D eigenvalue weighted by molar-refractivity contribution is -0.245. The van der Waals surface area contributed by atoms with Crippen LogP contribution in [0.2, 0.25) is 0 Å². The van der Waals surface area contributed by atoms with Crippen molar-refractivity contribution in [1.29, 1.82) is 0 Å². The second-order valence-corrected chi connectivity index (χ2v) is 12.9. The molecule has 3 heterocycles. The minimum absolute atomic E-state index is 0.00292. The number of nitrogens with one attached hydrogen (secondary N) is 1. The number of aryl methyl sites for hydroxylation is 1. The van der Waals surface area contributed by atoms with E-state index in [0.717, 1.165) is 48.5 Å². The van der Waals surface area contributed by atoms with Crippen LogP contribution in [0.1, 0.15) is 56.4 Å². The summed E-state index contributed by atoms with van der Waals surface area (Å²) in [6.07, 6.45) is 3.11. The van der Waals surface area contributed by atoms with E-state index in [2.05, 4.69) is 44.8 Å². The molecule has 3 unspecified atom stereocenters. The largest absolute Gasteiger partial charge is 0.392 e. The van der Waals surface area contributed by atoms with Gasteiger partial charge in [0, 0.05) is 36.7 Å². The lowest BCUT2D eigenvalue weighted by atomic mass is 9.99.